The number of H-pyrrole nitrogens is 1. The predicted molar refractivity (Wildman–Crippen MR) is 61.6 cm³/mol. The summed E-state index contributed by atoms with van der Waals surface area (Å²) >= 11 is 0. The van der Waals surface area contributed by atoms with Crippen molar-refractivity contribution in [1.82, 2.24) is 4.98 Å². The van der Waals surface area contributed by atoms with E-state index in [1.165, 1.54) is 12.1 Å². The van der Waals surface area contributed by atoms with Gasteiger partial charge >= 0.3 is 0 Å². The summed E-state index contributed by atoms with van der Waals surface area (Å²) in [5.74, 6) is -0.323. The van der Waals surface area contributed by atoms with Crippen molar-refractivity contribution in [3.05, 3.63) is 35.8 Å². The number of fused-ring (bicyclic) bond motifs is 1. The van der Waals surface area contributed by atoms with Crippen molar-refractivity contribution in [2.45, 2.75) is 18.9 Å². The molecule has 3 rings (SSSR count). The number of hydrogen-bond acceptors (Lipinski definition) is 2. The van der Waals surface area contributed by atoms with E-state index in [9.17, 15) is 9.18 Å². The molecule has 0 radical (unpaired) electrons. The first kappa shape index (κ1) is 10.5. The standard InChI is InChI=1S/C13H12FNO2/c14-8-3-4-9-10(7-15-11(9)6-8)13(16)12-2-1-5-17-12/h3-4,6-7,12,15H,1-2,5H2. The topological polar surface area (TPSA) is 42.1 Å². The Hall–Kier alpha value is -1.68. The lowest BCUT2D eigenvalue weighted by atomic mass is 10.0. The van der Waals surface area contributed by atoms with Crippen LogP contribution in [-0.2, 0) is 4.74 Å². The van der Waals surface area contributed by atoms with Crippen LogP contribution >= 0.6 is 0 Å². The van der Waals surface area contributed by atoms with E-state index in [1.807, 2.05) is 0 Å². The zero-order valence-corrected chi connectivity index (χ0v) is 9.20. The van der Waals surface area contributed by atoms with Crippen molar-refractivity contribution in [1.29, 1.82) is 0 Å². The second-order valence-corrected chi connectivity index (χ2v) is 4.26. The predicted octanol–water partition coefficient (Wildman–Crippen LogP) is 2.67. The molecule has 1 aliphatic heterocycles. The number of rotatable bonds is 2. The number of halogens is 1. The Kier molecular flexibility index (Phi) is 2.44. The Morgan fingerprint density at radius 2 is 2.35 bits per heavy atom. The molecule has 3 nitrogen and oxygen atoms in total. The Balaban J connectivity index is 2.02. The summed E-state index contributed by atoms with van der Waals surface area (Å²) in [5, 5.41) is 0.756. The van der Waals surface area contributed by atoms with Crippen LogP contribution in [0, 0.1) is 5.82 Å². The van der Waals surface area contributed by atoms with Crippen molar-refractivity contribution in [2.24, 2.45) is 0 Å². The van der Waals surface area contributed by atoms with Crippen molar-refractivity contribution < 1.29 is 13.9 Å². The molecule has 1 aliphatic rings. The van der Waals surface area contributed by atoms with Gasteiger partial charge in [0.2, 0.25) is 0 Å². The Bertz CT molecular complexity index is 570. The highest BCUT2D eigenvalue weighted by Gasteiger charge is 2.26. The van der Waals surface area contributed by atoms with Crippen molar-refractivity contribution >= 4 is 16.7 Å². The molecule has 4 heteroatoms. The minimum Gasteiger partial charge on any atom is -0.370 e. The number of carbonyl (C=O) groups excluding carboxylic acids is 1. The van der Waals surface area contributed by atoms with Crippen LogP contribution in [0.15, 0.2) is 24.4 Å². The molecule has 1 aromatic carbocycles. The molecule has 17 heavy (non-hydrogen) atoms. The van der Waals surface area contributed by atoms with E-state index < -0.39 is 0 Å². The Labute approximate surface area is 97.6 Å². The lowest BCUT2D eigenvalue weighted by molar-refractivity contribution is 0.0644. The van der Waals surface area contributed by atoms with E-state index in [1.54, 1.807) is 12.3 Å². The lowest BCUT2D eigenvalue weighted by Gasteiger charge is -2.06. The number of ether oxygens (including phenoxy) is 1. The van der Waals surface area contributed by atoms with Crippen LogP contribution in [-0.4, -0.2) is 23.5 Å². The molecule has 1 aromatic heterocycles. The van der Waals surface area contributed by atoms with Crippen LogP contribution in [0.3, 0.4) is 0 Å². The fourth-order valence-corrected chi connectivity index (χ4v) is 2.26. The van der Waals surface area contributed by atoms with Gasteiger partial charge in [0.15, 0.2) is 5.78 Å². The van der Waals surface area contributed by atoms with Gasteiger partial charge < -0.3 is 9.72 Å². The van der Waals surface area contributed by atoms with Gasteiger partial charge in [-0.05, 0) is 31.0 Å². The smallest absolute Gasteiger partial charge is 0.193 e. The molecule has 2 heterocycles. The number of Topliss-reactive ketones (excluding diaryl/α,β-unsaturated/α-hetero) is 1. The highest BCUT2D eigenvalue weighted by molar-refractivity contribution is 6.10. The molecule has 0 amide bonds. The maximum Gasteiger partial charge on any atom is 0.193 e. The molecule has 1 atom stereocenters. The zero-order chi connectivity index (χ0) is 11.8. The molecule has 1 saturated heterocycles. The molecule has 0 bridgehead atoms. The van der Waals surface area contributed by atoms with E-state index in [0.717, 1.165) is 18.2 Å². The van der Waals surface area contributed by atoms with E-state index in [2.05, 4.69) is 4.98 Å². The average molecular weight is 233 g/mol. The van der Waals surface area contributed by atoms with Crippen LogP contribution < -0.4 is 0 Å². The van der Waals surface area contributed by atoms with E-state index in [0.29, 0.717) is 17.7 Å². The van der Waals surface area contributed by atoms with Gasteiger partial charge in [0.1, 0.15) is 11.9 Å². The summed E-state index contributed by atoms with van der Waals surface area (Å²) in [6.45, 7) is 0.646. The van der Waals surface area contributed by atoms with Crippen LogP contribution in [0.5, 0.6) is 0 Å². The molecular weight excluding hydrogens is 221 g/mol. The first-order chi connectivity index (χ1) is 8.25. The summed E-state index contributed by atoms with van der Waals surface area (Å²) in [6.07, 6.45) is 2.99. The number of aromatic amines is 1. The zero-order valence-electron chi connectivity index (χ0n) is 9.20. The molecule has 1 N–H and O–H groups in total. The molecule has 1 fully saturated rings. The van der Waals surface area contributed by atoms with Gasteiger partial charge in [0.25, 0.3) is 0 Å². The summed E-state index contributed by atoms with van der Waals surface area (Å²) < 4.78 is 18.4. The van der Waals surface area contributed by atoms with Crippen LogP contribution in [0.1, 0.15) is 23.2 Å². The van der Waals surface area contributed by atoms with Crippen LogP contribution in [0.4, 0.5) is 4.39 Å². The first-order valence-electron chi connectivity index (χ1n) is 5.68. The second-order valence-electron chi connectivity index (χ2n) is 4.26. The van der Waals surface area contributed by atoms with Gasteiger partial charge in [0.05, 0.1) is 0 Å². The second kappa shape index (κ2) is 3.96. The maximum atomic E-state index is 13.0. The van der Waals surface area contributed by atoms with Gasteiger partial charge in [-0.15, -0.1) is 0 Å². The third-order valence-electron chi connectivity index (χ3n) is 3.13. The van der Waals surface area contributed by atoms with Crippen molar-refractivity contribution in [3.63, 3.8) is 0 Å². The number of benzene rings is 1. The molecule has 88 valence electrons. The highest BCUT2D eigenvalue weighted by atomic mass is 19.1. The Morgan fingerprint density at radius 1 is 1.47 bits per heavy atom. The molecular formula is C13H12FNO2. The minimum absolute atomic E-state index is 0.0136. The first-order valence-corrected chi connectivity index (χ1v) is 5.68. The van der Waals surface area contributed by atoms with Gasteiger partial charge in [-0.2, -0.15) is 0 Å². The maximum absolute atomic E-state index is 13.0. The van der Waals surface area contributed by atoms with Crippen molar-refractivity contribution in [3.8, 4) is 0 Å². The summed E-state index contributed by atoms with van der Waals surface area (Å²) in [5.41, 5.74) is 1.23. The SMILES string of the molecule is O=C(c1c[nH]c2cc(F)ccc12)C1CCCO1. The van der Waals surface area contributed by atoms with Crippen molar-refractivity contribution in [2.75, 3.05) is 6.61 Å². The average Bonchev–Trinajstić information content (AvgIpc) is 2.96. The number of nitrogens with one attached hydrogen (secondary N) is 1. The monoisotopic (exact) mass is 233 g/mol. The molecule has 1 unspecified atom stereocenters. The molecule has 2 aromatic rings. The summed E-state index contributed by atoms with van der Waals surface area (Å²) in [6, 6.07) is 4.38. The van der Waals surface area contributed by atoms with Crippen LogP contribution in [0.25, 0.3) is 10.9 Å². The highest BCUT2D eigenvalue weighted by Crippen LogP contribution is 2.24. The van der Waals surface area contributed by atoms with Gasteiger partial charge in [-0.1, -0.05) is 0 Å². The van der Waals surface area contributed by atoms with E-state index >= 15 is 0 Å². The van der Waals surface area contributed by atoms with Gasteiger partial charge in [-0.25, -0.2) is 4.39 Å². The van der Waals surface area contributed by atoms with Gasteiger partial charge in [0, 0.05) is 29.3 Å². The summed E-state index contributed by atoms with van der Waals surface area (Å²) in [4.78, 5) is 15.1. The minimum atomic E-state index is -0.334. The summed E-state index contributed by atoms with van der Waals surface area (Å²) in [7, 11) is 0. The third kappa shape index (κ3) is 1.74. The third-order valence-corrected chi connectivity index (χ3v) is 3.13. The lowest BCUT2D eigenvalue weighted by Crippen LogP contribution is -2.18. The number of hydrogen-bond donors (Lipinski definition) is 1. The fourth-order valence-electron chi connectivity index (χ4n) is 2.26. The number of aromatic nitrogens is 1. The van der Waals surface area contributed by atoms with Crippen LogP contribution in [0.2, 0.25) is 0 Å². The number of ketones is 1. The molecule has 0 spiro atoms. The Morgan fingerprint density at radius 3 is 3.12 bits per heavy atom. The molecule has 0 aliphatic carbocycles. The van der Waals surface area contributed by atoms with E-state index in [-0.39, 0.29) is 17.7 Å². The number of carbonyl (C=O) groups is 1. The fraction of sp³-hybridized carbons (Fsp3) is 0.308. The van der Waals surface area contributed by atoms with Gasteiger partial charge in [-0.3, -0.25) is 4.79 Å². The quantitative estimate of drug-likeness (QED) is 0.810. The normalized spacial score (nSPS) is 19.9. The van der Waals surface area contributed by atoms with E-state index in [4.69, 9.17) is 4.74 Å². The molecule has 0 saturated carbocycles. The largest absolute Gasteiger partial charge is 0.370 e.